The van der Waals surface area contributed by atoms with Crippen molar-refractivity contribution in [2.24, 2.45) is 0 Å². The summed E-state index contributed by atoms with van der Waals surface area (Å²) < 4.78 is 0. The van der Waals surface area contributed by atoms with E-state index in [2.05, 4.69) is 10.2 Å². The smallest absolute Gasteiger partial charge is 0.338 e. The minimum atomic E-state index is -1.16. The van der Waals surface area contributed by atoms with Crippen LogP contribution in [0.4, 0.5) is 5.69 Å². The lowest BCUT2D eigenvalue weighted by atomic mass is 10.3. The number of carbonyl (C=O) groups is 1. The Morgan fingerprint density at radius 1 is 1.32 bits per heavy atom. The molecule has 0 bridgehead atoms. The standard InChI is InChI=1S/C11H7N3O4S/c15-11(16)7-5-6-12-13-10(7)19-9-4-2-1-3-8(9)14(17)18/h1-6H,(H,15,16). The average Bonchev–Trinajstić information content (AvgIpc) is 2.39. The SMILES string of the molecule is O=C(O)c1ccnnc1Sc1ccccc1[N+](=O)[O-]. The van der Waals surface area contributed by atoms with Gasteiger partial charge in [0, 0.05) is 6.07 Å². The zero-order chi connectivity index (χ0) is 13.8. The van der Waals surface area contributed by atoms with Crippen LogP contribution >= 0.6 is 11.8 Å². The van der Waals surface area contributed by atoms with E-state index < -0.39 is 10.9 Å². The van der Waals surface area contributed by atoms with Crippen LogP contribution in [0.25, 0.3) is 0 Å². The van der Waals surface area contributed by atoms with E-state index in [9.17, 15) is 14.9 Å². The number of nitro benzene ring substituents is 1. The molecule has 7 nitrogen and oxygen atoms in total. The largest absolute Gasteiger partial charge is 0.478 e. The summed E-state index contributed by atoms with van der Waals surface area (Å²) in [7, 11) is 0. The summed E-state index contributed by atoms with van der Waals surface area (Å²) in [5, 5.41) is 27.3. The number of para-hydroxylation sites is 1. The van der Waals surface area contributed by atoms with E-state index >= 15 is 0 Å². The van der Waals surface area contributed by atoms with Crippen molar-refractivity contribution >= 4 is 23.4 Å². The average molecular weight is 277 g/mol. The number of carboxylic acids is 1. The van der Waals surface area contributed by atoms with Gasteiger partial charge >= 0.3 is 5.97 Å². The Hall–Kier alpha value is -2.48. The second-order valence-corrected chi connectivity index (χ2v) is 4.41. The molecule has 0 amide bonds. The van der Waals surface area contributed by atoms with Crippen LogP contribution in [0, 0.1) is 10.1 Å². The summed E-state index contributed by atoms with van der Waals surface area (Å²) in [6, 6.07) is 7.35. The van der Waals surface area contributed by atoms with E-state index in [4.69, 9.17) is 5.11 Å². The van der Waals surface area contributed by atoms with E-state index in [1.54, 1.807) is 6.07 Å². The second kappa shape index (κ2) is 5.44. The van der Waals surface area contributed by atoms with Gasteiger partial charge in [0.25, 0.3) is 5.69 Å². The van der Waals surface area contributed by atoms with Crippen molar-refractivity contribution < 1.29 is 14.8 Å². The normalized spacial score (nSPS) is 10.1. The molecule has 8 heteroatoms. The molecule has 1 N–H and O–H groups in total. The van der Waals surface area contributed by atoms with Gasteiger partial charge in [-0.05, 0) is 12.1 Å². The Kier molecular flexibility index (Phi) is 3.71. The fraction of sp³-hybridized carbons (Fsp3) is 0. The summed E-state index contributed by atoms with van der Waals surface area (Å²) >= 11 is 0.901. The van der Waals surface area contributed by atoms with Crippen molar-refractivity contribution in [3.05, 3.63) is 52.2 Å². The van der Waals surface area contributed by atoms with E-state index in [1.165, 1.54) is 30.5 Å². The molecular formula is C11H7N3O4S. The van der Waals surface area contributed by atoms with Crippen LogP contribution in [-0.2, 0) is 0 Å². The number of benzene rings is 1. The molecule has 2 rings (SSSR count). The zero-order valence-corrected chi connectivity index (χ0v) is 10.2. The van der Waals surface area contributed by atoms with Gasteiger partial charge in [-0.25, -0.2) is 4.79 Å². The molecule has 0 aliphatic rings. The first-order chi connectivity index (χ1) is 9.09. The van der Waals surface area contributed by atoms with E-state index in [1.807, 2.05) is 0 Å². The van der Waals surface area contributed by atoms with Crippen LogP contribution in [0.1, 0.15) is 10.4 Å². The number of hydrogen-bond donors (Lipinski definition) is 1. The fourth-order valence-electron chi connectivity index (χ4n) is 1.36. The van der Waals surface area contributed by atoms with Crippen LogP contribution < -0.4 is 0 Å². The molecule has 1 heterocycles. The summed E-state index contributed by atoms with van der Waals surface area (Å²) in [5.41, 5.74) is -0.146. The monoisotopic (exact) mass is 277 g/mol. The summed E-state index contributed by atoms with van der Waals surface area (Å²) in [5.74, 6) is -1.16. The highest BCUT2D eigenvalue weighted by molar-refractivity contribution is 7.99. The summed E-state index contributed by atoms with van der Waals surface area (Å²) in [4.78, 5) is 21.7. The number of nitro groups is 1. The minimum Gasteiger partial charge on any atom is -0.478 e. The molecule has 96 valence electrons. The van der Waals surface area contributed by atoms with Crippen LogP contribution in [0.2, 0.25) is 0 Å². The Balaban J connectivity index is 2.42. The molecule has 0 fully saturated rings. The van der Waals surface area contributed by atoms with Gasteiger partial charge in [-0.15, -0.1) is 5.10 Å². The second-order valence-electron chi connectivity index (χ2n) is 3.38. The minimum absolute atomic E-state index is 0.0434. The zero-order valence-electron chi connectivity index (χ0n) is 9.39. The maximum absolute atomic E-state index is 11.0. The van der Waals surface area contributed by atoms with Gasteiger partial charge in [0.1, 0.15) is 5.03 Å². The molecule has 0 aliphatic carbocycles. The van der Waals surface area contributed by atoms with Gasteiger partial charge in [0.05, 0.1) is 21.6 Å². The maximum Gasteiger partial charge on any atom is 0.338 e. The molecule has 0 saturated heterocycles. The number of aromatic carboxylic acids is 1. The fourth-order valence-corrected chi connectivity index (χ4v) is 2.31. The predicted octanol–water partition coefficient (Wildman–Crippen LogP) is 2.23. The van der Waals surface area contributed by atoms with Crippen LogP contribution in [0.5, 0.6) is 0 Å². The highest BCUT2D eigenvalue weighted by Crippen LogP contribution is 2.34. The maximum atomic E-state index is 11.0. The Morgan fingerprint density at radius 3 is 2.74 bits per heavy atom. The molecule has 0 radical (unpaired) electrons. The Bertz CT molecular complexity index is 592. The molecule has 0 unspecified atom stereocenters. The molecule has 2 aromatic rings. The van der Waals surface area contributed by atoms with Gasteiger partial charge < -0.3 is 5.11 Å². The van der Waals surface area contributed by atoms with Crippen molar-refractivity contribution in [1.82, 2.24) is 10.2 Å². The van der Waals surface area contributed by atoms with Gasteiger partial charge in [-0.2, -0.15) is 5.10 Å². The molecule has 0 aliphatic heterocycles. The van der Waals surface area contributed by atoms with E-state index in [0.717, 1.165) is 11.8 Å². The summed E-state index contributed by atoms with van der Waals surface area (Å²) in [6.07, 6.45) is 1.26. The van der Waals surface area contributed by atoms with E-state index in [0.29, 0.717) is 4.90 Å². The highest BCUT2D eigenvalue weighted by Gasteiger charge is 2.18. The number of rotatable bonds is 4. The molecule has 1 aromatic carbocycles. The van der Waals surface area contributed by atoms with Crippen molar-refractivity contribution in [1.29, 1.82) is 0 Å². The molecule has 1 aromatic heterocycles. The lowest BCUT2D eigenvalue weighted by Gasteiger charge is -2.03. The number of hydrogen-bond acceptors (Lipinski definition) is 6. The van der Waals surface area contributed by atoms with Crippen molar-refractivity contribution in [2.75, 3.05) is 0 Å². The van der Waals surface area contributed by atoms with Gasteiger partial charge in [0.15, 0.2) is 0 Å². The number of carboxylic acid groups (broad SMARTS) is 1. The third-order valence-corrected chi connectivity index (χ3v) is 3.25. The van der Waals surface area contributed by atoms with E-state index in [-0.39, 0.29) is 16.3 Å². The third kappa shape index (κ3) is 2.86. The third-order valence-electron chi connectivity index (χ3n) is 2.19. The van der Waals surface area contributed by atoms with Crippen LogP contribution in [0.15, 0.2) is 46.5 Å². The molecule has 0 saturated carbocycles. The Labute approximate surface area is 111 Å². The first-order valence-corrected chi connectivity index (χ1v) is 5.87. The quantitative estimate of drug-likeness (QED) is 0.674. The van der Waals surface area contributed by atoms with Gasteiger partial charge in [0.2, 0.25) is 0 Å². The highest BCUT2D eigenvalue weighted by atomic mass is 32.2. The lowest BCUT2D eigenvalue weighted by molar-refractivity contribution is -0.387. The van der Waals surface area contributed by atoms with Gasteiger partial charge in [-0.3, -0.25) is 10.1 Å². The predicted molar refractivity (Wildman–Crippen MR) is 66.2 cm³/mol. The van der Waals surface area contributed by atoms with Crippen molar-refractivity contribution in [3.8, 4) is 0 Å². The Morgan fingerprint density at radius 2 is 2.05 bits per heavy atom. The molecule has 0 atom stereocenters. The summed E-state index contributed by atoms with van der Waals surface area (Å²) in [6.45, 7) is 0. The van der Waals surface area contributed by atoms with Gasteiger partial charge in [-0.1, -0.05) is 23.9 Å². The number of aromatic nitrogens is 2. The van der Waals surface area contributed by atoms with Crippen molar-refractivity contribution in [3.63, 3.8) is 0 Å². The topological polar surface area (TPSA) is 106 Å². The molecule has 19 heavy (non-hydrogen) atoms. The first kappa shape index (κ1) is 13.0. The first-order valence-electron chi connectivity index (χ1n) is 5.06. The molecular weight excluding hydrogens is 270 g/mol. The lowest BCUT2D eigenvalue weighted by Crippen LogP contribution is -2.02. The van der Waals surface area contributed by atoms with Crippen LogP contribution in [-0.4, -0.2) is 26.2 Å². The van der Waals surface area contributed by atoms with Crippen LogP contribution in [0.3, 0.4) is 0 Å². The van der Waals surface area contributed by atoms with Crippen molar-refractivity contribution in [2.45, 2.75) is 9.92 Å². The molecule has 0 spiro atoms. The number of nitrogens with zero attached hydrogens (tertiary/aromatic N) is 3.